The number of nitrogens with one attached hydrogen (secondary N) is 1. The smallest absolute Gasteiger partial charge is 0.245 e. The summed E-state index contributed by atoms with van der Waals surface area (Å²) in [5.41, 5.74) is 2.02. The predicted octanol–water partition coefficient (Wildman–Crippen LogP) is 4.37. The van der Waals surface area contributed by atoms with E-state index in [9.17, 15) is 9.59 Å². The Labute approximate surface area is 177 Å². The molecule has 3 aromatic rings. The Balaban J connectivity index is 1.88. The molecular formula is C24H28N4O2. The van der Waals surface area contributed by atoms with Crippen molar-refractivity contribution in [2.75, 3.05) is 18.4 Å². The van der Waals surface area contributed by atoms with E-state index in [0.717, 1.165) is 16.9 Å². The van der Waals surface area contributed by atoms with Crippen LogP contribution in [0.1, 0.15) is 27.7 Å². The van der Waals surface area contributed by atoms with Crippen LogP contribution in [0.5, 0.6) is 0 Å². The van der Waals surface area contributed by atoms with Gasteiger partial charge in [0.15, 0.2) is 0 Å². The van der Waals surface area contributed by atoms with Gasteiger partial charge < -0.3 is 10.2 Å². The minimum absolute atomic E-state index is 0.00670. The van der Waals surface area contributed by atoms with Crippen molar-refractivity contribution < 1.29 is 9.59 Å². The molecule has 1 N–H and O–H groups in total. The summed E-state index contributed by atoms with van der Waals surface area (Å²) in [5.74, 6) is 0.247. The third kappa shape index (κ3) is 4.95. The van der Waals surface area contributed by atoms with E-state index in [4.69, 9.17) is 5.10 Å². The second kappa shape index (κ2) is 8.95. The highest BCUT2D eigenvalue weighted by Gasteiger charge is 2.27. The van der Waals surface area contributed by atoms with Crippen molar-refractivity contribution in [2.45, 2.75) is 27.7 Å². The molecule has 3 rings (SSSR count). The minimum Gasteiger partial charge on any atom is -0.333 e. The lowest BCUT2D eigenvalue weighted by atomic mass is 9.94. The van der Waals surface area contributed by atoms with Crippen LogP contribution in [0.3, 0.4) is 0 Å². The maximum absolute atomic E-state index is 12.8. The molecule has 6 heteroatoms. The van der Waals surface area contributed by atoms with Crippen molar-refractivity contribution in [2.24, 2.45) is 5.41 Å². The fourth-order valence-corrected chi connectivity index (χ4v) is 3.14. The first kappa shape index (κ1) is 21.3. The summed E-state index contributed by atoms with van der Waals surface area (Å²) < 4.78 is 1.71. The van der Waals surface area contributed by atoms with Gasteiger partial charge in [0.2, 0.25) is 11.8 Å². The third-order valence-electron chi connectivity index (χ3n) is 4.69. The van der Waals surface area contributed by atoms with E-state index < -0.39 is 5.41 Å². The number of hydrogen-bond donors (Lipinski definition) is 1. The van der Waals surface area contributed by atoms with Gasteiger partial charge in [-0.1, -0.05) is 69.3 Å². The van der Waals surface area contributed by atoms with E-state index >= 15 is 0 Å². The molecule has 1 aromatic heterocycles. The lowest BCUT2D eigenvalue weighted by molar-refractivity contribution is -0.141. The quantitative estimate of drug-likeness (QED) is 0.663. The highest BCUT2D eigenvalue weighted by atomic mass is 16.2. The highest BCUT2D eigenvalue weighted by Crippen LogP contribution is 2.25. The molecule has 2 amide bonds. The summed E-state index contributed by atoms with van der Waals surface area (Å²) >= 11 is 0. The van der Waals surface area contributed by atoms with Crippen molar-refractivity contribution in [1.29, 1.82) is 0 Å². The van der Waals surface area contributed by atoms with Gasteiger partial charge >= 0.3 is 0 Å². The van der Waals surface area contributed by atoms with Crippen molar-refractivity contribution in [1.82, 2.24) is 14.7 Å². The Morgan fingerprint density at radius 2 is 1.60 bits per heavy atom. The lowest BCUT2D eigenvalue weighted by Crippen LogP contribution is -2.43. The number of amides is 2. The molecule has 0 saturated carbocycles. The average molecular weight is 405 g/mol. The topological polar surface area (TPSA) is 67.2 Å². The number of carbonyl (C=O) groups is 2. The molecular weight excluding hydrogens is 376 g/mol. The fourth-order valence-electron chi connectivity index (χ4n) is 3.14. The number of benzene rings is 2. The van der Waals surface area contributed by atoms with Crippen LogP contribution in [0.15, 0.2) is 66.7 Å². The largest absolute Gasteiger partial charge is 0.333 e. The van der Waals surface area contributed by atoms with Gasteiger partial charge in [0.05, 0.1) is 17.9 Å². The molecule has 0 unspecified atom stereocenters. The van der Waals surface area contributed by atoms with Crippen LogP contribution in [0, 0.1) is 5.41 Å². The van der Waals surface area contributed by atoms with Gasteiger partial charge in [-0.05, 0) is 19.1 Å². The normalized spacial score (nSPS) is 11.2. The molecule has 30 heavy (non-hydrogen) atoms. The zero-order chi connectivity index (χ0) is 21.7. The maximum Gasteiger partial charge on any atom is 0.245 e. The Morgan fingerprint density at radius 1 is 1.00 bits per heavy atom. The van der Waals surface area contributed by atoms with E-state index in [0.29, 0.717) is 12.4 Å². The zero-order valence-corrected chi connectivity index (χ0v) is 17.9. The summed E-state index contributed by atoms with van der Waals surface area (Å²) in [7, 11) is 0. The van der Waals surface area contributed by atoms with Crippen molar-refractivity contribution in [3.05, 3.63) is 66.7 Å². The molecule has 0 aliphatic carbocycles. The molecule has 0 aliphatic heterocycles. The van der Waals surface area contributed by atoms with Crippen molar-refractivity contribution in [3.8, 4) is 16.9 Å². The van der Waals surface area contributed by atoms with Crippen LogP contribution >= 0.6 is 0 Å². The number of anilines is 1. The number of aromatic nitrogens is 2. The van der Waals surface area contributed by atoms with Gasteiger partial charge in [-0.2, -0.15) is 5.10 Å². The maximum atomic E-state index is 12.8. The van der Waals surface area contributed by atoms with Gasteiger partial charge in [-0.25, -0.2) is 4.68 Å². The number of para-hydroxylation sites is 1. The molecule has 2 aromatic carbocycles. The van der Waals surface area contributed by atoms with E-state index in [1.165, 1.54) is 0 Å². The average Bonchev–Trinajstić information content (AvgIpc) is 3.15. The number of likely N-dealkylation sites (N-methyl/N-ethyl adjacent to an activating group) is 1. The van der Waals surface area contributed by atoms with Gasteiger partial charge in [-0.3, -0.25) is 9.59 Å². The second-order valence-electron chi connectivity index (χ2n) is 8.15. The predicted molar refractivity (Wildman–Crippen MR) is 119 cm³/mol. The molecule has 0 radical (unpaired) electrons. The molecule has 0 atom stereocenters. The third-order valence-corrected chi connectivity index (χ3v) is 4.69. The first-order valence-corrected chi connectivity index (χ1v) is 10.1. The van der Waals surface area contributed by atoms with Crippen LogP contribution in [0.25, 0.3) is 16.9 Å². The van der Waals surface area contributed by atoms with E-state index in [-0.39, 0.29) is 18.4 Å². The number of nitrogens with zero attached hydrogens (tertiary/aromatic N) is 3. The second-order valence-corrected chi connectivity index (χ2v) is 8.15. The monoisotopic (exact) mass is 404 g/mol. The van der Waals surface area contributed by atoms with Crippen LogP contribution < -0.4 is 5.32 Å². The molecule has 0 aliphatic rings. The molecule has 0 spiro atoms. The molecule has 0 fully saturated rings. The first-order valence-electron chi connectivity index (χ1n) is 10.1. The van der Waals surface area contributed by atoms with E-state index in [2.05, 4.69) is 5.32 Å². The SMILES string of the molecule is CCN(CC(=O)Nc1cc(-c2ccccc2)nn1-c1ccccc1)C(=O)C(C)(C)C. The summed E-state index contributed by atoms with van der Waals surface area (Å²) in [5, 5.41) is 7.64. The Kier molecular flexibility index (Phi) is 6.35. The van der Waals surface area contributed by atoms with Crippen molar-refractivity contribution in [3.63, 3.8) is 0 Å². The number of hydrogen-bond acceptors (Lipinski definition) is 3. The van der Waals surface area contributed by atoms with Gasteiger partial charge in [0.25, 0.3) is 0 Å². The standard InChI is InChI=1S/C24H28N4O2/c1-5-27(23(30)24(2,3)4)17-22(29)25-21-16-20(18-12-8-6-9-13-18)26-28(21)19-14-10-7-11-15-19/h6-16H,5,17H2,1-4H3,(H,25,29). The summed E-state index contributed by atoms with van der Waals surface area (Å²) in [6.45, 7) is 7.90. The molecule has 0 bridgehead atoms. The van der Waals surface area contributed by atoms with Crippen LogP contribution in [-0.2, 0) is 9.59 Å². The lowest BCUT2D eigenvalue weighted by Gasteiger charge is -2.27. The number of rotatable bonds is 6. The molecule has 6 nitrogen and oxygen atoms in total. The summed E-state index contributed by atoms with van der Waals surface area (Å²) in [6, 6.07) is 21.3. The van der Waals surface area contributed by atoms with Gasteiger partial charge in [-0.15, -0.1) is 0 Å². The van der Waals surface area contributed by atoms with Crippen LogP contribution in [-0.4, -0.2) is 39.6 Å². The zero-order valence-electron chi connectivity index (χ0n) is 17.9. The van der Waals surface area contributed by atoms with Gasteiger partial charge in [0.1, 0.15) is 5.82 Å². The Hall–Kier alpha value is -3.41. The first-order chi connectivity index (χ1) is 14.3. The highest BCUT2D eigenvalue weighted by molar-refractivity contribution is 5.95. The Bertz CT molecular complexity index is 1000. The fraction of sp³-hybridized carbons (Fsp3) is 0.292. The molecule has 156 valence electrons. The van der Waals surface area contributed by atoms with Crippen LogP contribution in [0.4, 0.5) is 5.82 Å². The number of carbonyl (C=O) groups excluding carboxylic acids is 2. The Morgan fingerprint density at radius 3 is 2.17 bits per heavy atom. The minimum atomic E-state index is -0.539. The van der Waals surface area contributed by atoms with E-state index in [1.54, 1.807) is 9.58 Å². The van der Waals surface area contributed by atoms with Gasteiger partial charge in [0, 0.05) is 23.6 Å². The van der Waals surface area contributed by atoms with Crippen LogP contribution in [0.2, 0.25) is 0 Å². The van der Waals surface area contributed by atoms with E-state index in [1.807, 2.05) is 94.4 Å². The summed E-state index contributed by atoms with van der Waals surface area (Å²) in [4.78, 5) is 27.0. The molecule has 1 heterocycles. The van der Waals surface area contributed by atoms with Crippen molar-refractivity contribution >= 4 is 17.6 Å². The summed E-state index contributed by atoms with van der Waals surface area (Å²) in [6.07, 6.45) is 0. The molecule has 0 saturated heterocycles.